The molecule has 21 heavy (non-hydrogen) atoms. The van der Waals surface area contributed by atoms with Gasteiger partial charge in [-0.1, -0.05) is 74.0 Å². The highest BCUT2D eigenvalue weighted by Crippen LogP contribution is 2.23. The largest absolute Gasteiger partial charge is 0.381 e. The lowest BCUT2D eigenvalue weighted by atomic mass is 10.0. The molecule has 1 aliphatic heterocycles. The van der Waals surface area contributed by atoms with Gasteiger partial charge in [0.2, 0.25) is 0 Å². The van der Waals surface area contributed by atoms with E-state index in [1.807, 2.05) is 19.9 Å². The van der Waals surface area contributed by atoms with Crippen molar-refractivity contribution < 1.29 is 0 Å². The predicted octanol–water partition coefficient (Wildman–Crippen LogP) is 5.27. The van der Waals surface area contributed by atoms with Crippen LogP contribution in [0.1, 0.15) is 26.3 Å². The third-order valence-electron chi connectivity index (χ3n) is 3.37. The zero-order valence-electron chi connectivity index (χ0n) is 13.1. The second-order valence-electron chi connectivity index (χ2n) is 4.89. The van der Waals surface area contributed by atoms with Gasteiger partial charge in [0, 0.05) is 12.2 Å². The van der Waals surface area contributed by atoms with Crippen LogP contribution in [0.2, 0.25) is 0 Å². The lowest BCUT2D eigenvalue weighted by Gasteiger charge is -2.16. The Balaban J connectivity index is 0.000000774. The van der Waals surface area contributed by atoms with E-state index in [1.165, 1.54) is 28.0 Å². The maximum Gasteiger partial charge on any atom is 0.0416 e. The molecule has 0 aliphatic carbocycles. The van der Waals surface area contributed by atoms with Crippen LogP contribution in [0.3, 0.4) is 0 Å². The van der Waals surface area contributed by atoms with Crippen molar-refractivity contribution in [3.05, 3.63) is 77.9 Å². The maximum atomic E-state index is 3.46. The number of hydrogen-bond donors (Lipinski definition) is 1. The van der Waals surface area contributed by atoms with Gasteiger partial charge in [-0.2, -0.15) is 0 Å². The Kier molecular flexibility index (Phi) is 5.39. The van der Waals surface area contributed by atoms with Gasteiger partial charge in [0.25, 0.3) is 0 Å². The van der Waals surface area contributed by atoms with Crippen LogP contribution in [0.4, 0.5) is 0 Å². The highest BCUT2D eigenvalue weighted by atomic mass is 14.9. The first-order valence-corrected chi connectivity index (χ1v) is 7.60. The van der Waals surface area contributed by atoms with E-state index in [9.17, 15) is 0 Å². The molecule has 0 atom stereocenters. The van der Waals surface area contributed by atoms with E-state index in [0.29, 0.717) is 0 Å². The number of rotatable bonds is 2. The van der Waals surface area contributed by atoms with E-state index in [1.54, 1.807) is 0 Å². The van der Waals surface area contributed by atoms with E-state index >= 15 is 0 Å². The lowest BCUT2D eigenvalue weighted by Crippen LogP contribution is -2.17. The highest BCUT2D eigenvalue weighted by molar-refractivity contribution is 5.73. The molecular weight excluding hydrogens is 254 g/mol. The van der Waals surface area contributed by atoms with Crippen LogP contribution in [0, 0.1) is 0 Å². The summed E-state index contributed by atoms with van der Waals surface area (Å²) >= 11 is 0. The maximum absolute atomic E-state index is 3.46. The van der Waals surface area contributed by atoms with Crippen LogP contribution in [0.25, 0.3) is 16.8 Å². The average Bonchev–Trinajstić information content (AvgIpc) is 2.58. The molecule has 108 valence electrons. The van der Waals surface area contributed by atoms with Gasteiger partial charge in [0.15, 0.2) is 0 Å². The first-order valence-electron chi connectivity index (χ1n) is 7.60. The quantitative estimate of drug-likeness (QED) is 0.788. The monoisotopic (exact) mass is 277 g/mol. The molecule has 0 fully saturated rings. The molecule has 0 spiro atoms. The molecule has 2 aromatic rings. The van der Waals surface area contributed by atoms with E-state index < -0.39 is 0 Å². The van der Waals surface area contributed by atoms with E-state index in [2.05, 4.69) is 72.9 Å². The van der Waals surface area contributed by atoms with Gasteiger partial charge in [-0.15, -0.1) is 0 Å². The molecule has 3 rings (SSSR count). The molecule has 0 radical (unpaired) electrons. The first kappa shape index (κ1) is 15.1. The summed E-state index contributed by atoms with van der Waals surface area (Å²) in [4.78, 5) is 0. The van der Waals surface area contributed by atoms with Gasteiger partial charge in [-0.3, -0.25) is 0 Å². The van der Waals surface area contributed by atoms with Crippen molar-refractivity contribution in [1.29, 1.82) is 0 Å². The molecule has 0 bridgehead atoms. The molecule has 2 aromatic carbocycles. The van der Waals surface area contributed by atoms with Crippen molar-refractivity contribution in [2.75, 3.05) is 6.54 Å². The van der Waals surface area contributed by atoms with E-state index in [-0.39, 0.29) is 0 Å². The fourth-order valence-electron chi connectivity index (χ4n) is 2.27. The molecule has 1 aliphatic rings. The number of hydrogen-bond acceptors (Lipinski definition) is 1. The van der Waals surface area contributed by atoms with Crippen molar-refractivity contribution in [3.63, 3.8) is 0 Å². The second-order valence-corrected chi connectivity index (χ2v) is 4.89. The van der Waals surface area contributed by atoms with Crippen molar-refractivity contribution in [3.8, 4) is 11.1 Å². The van der Waals surface area contributed by atoms with E-state index in [4.69, 9.17) is 0 Å². The van der Waals surface area contributed by atoms with Gasteiger partial charge in [0.05, 0.1) is 0 Å². The van der Waals surface area contributed by atoms with Gasteiger partial charge < -0.3 is 5.32 Å². The molecular formula is C20H23N. The fraction of sp³-hybridized carbons (Fsp3) is 0.200. The van der Waals surface area contributed by atoms with Crippen molar-refractivity contribution in [1.82, 2.24) is 5.32 Å². The Morgan fingerprint density at radius 2 is 1.43 bits per heavy atom. The minimum absolute atomic E-state index is 0.932. The van der Waals surface area contributed by atoms with Crippen LogP contribution in [0.15, 0.2) is 72.3 Å². The smallest absolute Gasteiger partial charge is 0.0416 e. The van der Waals surface area contributed by atoms with Crippen LogP contribution >= 0.6 is 0 Å². The molecule has 0 saturated carbocycles. The van der Waals surface area contributed by atoms with Gasteiger partial charge >= 0.3 is 0 Å². The number of dihydropyridines is 1. The summed E-state index contributed by atoms with van der Waals surface area (Å²) in [6, 6.07) is 19.2. The molecule has 0 saturated heterocycles. The van der Waals surface area contributed by atoms with E-state index in [0.717, 1.165) is 6.54 Å². The predicted molar refractivity (Wildman–Crippen MR) is 93.0 cm³/mol. The van der Waals surface area contributed by atoms with Crippen LogP contribution in [0.5, 0.6) is 0 Å². The van der Waals surface area contributed by atoms with Gasteiger partial charge in [0.1, 0.15) is 0 Å². The Morgan fingerprint density at radius 3 is 2.10 bits per heavy atom. The minimum Gasteiger partial charge on any atom is -0.381 e. The lowest BCUT2D eigenvalue weighted by molar-refractivity contribution is 0.941. The molecule has 1 heterocycles. The molecule has 0 aromatic heterocycles. The number of allylic oxidation sites excluding steroid dienone is 2. The summed E-state index contributed by atoms with van der Waals surface area (Å²) in [6.45, 7) is 7.07. The summed E-state index contributed by atoms with van der Waals surface area (Å²) < 4.78 is 0. The molecule has 0 amide bonds. The van der Waals surface area contributed by atoms with Gasteiger partial charge in [-0.25, -0.2) is 0 Å². The Bertz CT molecular complexity index is 636. The molecule has 1 heteroatoms. The topological polar surface area (TPSA) is 12.0 Å². The van der Waals surface area contributed by atoms with Crippen LogP contribution in [-0.2, 0) is 0 Å². The van der Waals surface area contributed by atoms with Gasteiger partial charge in [-0.05, 0) is 35.8 Å². The normalized spacial score (nSPS) is 13.3. The molecule has 1 N–H and O–H groups in total. The summed E-state index contributed by atoms with van der Waals surface area (Å²) in [5, 5.41) is 3.46. The third-order valence-corrected chi connectivity index (χ3v) is 3.37. The summed E-state index contributed by atoms with van der Waals surface area (Å²) in [5.41, 5.74) is 6.32. The van der Waals surface area contributed by atoms with Crippen molar-refractivity contribution in [2.45, 2.75) is 20.8 Å². The third kappa shape index (κ3) is 3.85. The van der Waals surface area contributed by atoms with Crippen LogP contribution in [-0.4, -0.2) is 6.54 Å². The molecule has 1 nitrogen and oxygen atoms in total. The second kappa shape index (κ2) is 7.49. The summed E-state index contributed by atoms with van der Waals surface area (Å²) in [5.74, 6) is 0. The SMILES string of the molecule is CC.CC1=CC=C(c2cccc(-c3ccccc3)c2)NC1. The number of nitrogens with one attached hydrogen (secondary N) is 1. The number of benzene rings is 2. The summed E-state index contributed by atoms with van der Waals surface area (Å²) in [7, 11) is 0. The molecule has 0 unspecified atom stereocenters. The first-order chi connectivity index (χ1) is 10.3. The standard InChI is InChI=1S/C18H17N.C2H6/c1-14-10-11-18(19-13-14)17-9-5-8-16(12-17)15-6-3-2-4-7-15;1-2/h2-12,19H,13H2,1H3;1-2H3. The van der Waals surface area contributed by atoms with Crippen molar-refractivity contribution >= 4 is 5.70 Å². The van der Waals surface area contributed by atoms with Crippen molar-refractivity contribution in [2.24, 2.45) is 0 Å². The Hall–Kier alpha value is -2.28. The average molecular weight is 277 g/mol. The zero-order valence-corrected chi connectivity index (χ0v) is 13.1. The Morgan fingerprint density at radius 1 is 0.762 bits per heavy atom. The minimum atomic E-state index is 0.932. The summed E-state index contributed by atoms with van der Waals surface area (Å²) in [6.07, 6.45) is 4.34. The van der Waals surface area contributed by atoms with Crippen LogP contribution < -0.4 is 5.32 Å². The highest BCUT2D eigenvalue weighted by Gasteiger charge is 2.06. The fourth-order valence-corrected chi connectivity index (χ4v) is 2.27. The zero-order chi connectivity index (χ0) is 15.1. The Labute approximate surface area is 128 Å².